The zero-order valence-corrected chi connectivity index (χ0v) is 71.7. The second kappa shape index (κ2) is 52.9. The van der Waals surface area contributed by atoms with Crippen molar-refractivity contribution in [1.82, 2.24) is 36.4 Å². The highest BCUT2D eigenvalue weighted by Crippen LogP contribution is 2.43. The molecule has 3 aromatic rings. The van der Waals surface area contributed by atoms with Crippen molar-refractivity contribution in [2.45, 2.75) is 278 Å². The maximum absolute atomic E-state index is 14.7. The molecular formula is C88H131N7O24. The molecule has 0 saturated carbocycles. The van der Waals surface area contributed by atoms with E-state index in [0.29, 0.717) is 116 Å². The van der Waals surface area contributed by atoms with Crippen molar-refractivity contribution in [2.24, 2.45) is 17.8 Å². The monoisotopic (exact) mass is 1670 g/mol. The number of nitrogens with one attached hydrogen (secondary N) is 5. The topological polar surface area (TPSA) is 382 Å². The van der Waals surface area contributed by atoms with E-state index < -0.39 is 133 Å². The van der Waals surface area contributed by atoms with E-state index in [9.17, 15) is 57.5 Å². The van der Waals surface area contributed by atoms with Crippen molar-refractivity contribution in [2.75, 3.05) is 78.9 Å². The number of carbonyl (C=O) groups excluding carboxylic acids is 12. The number of esters is 6. The van der Waals surface area contributed by atoms with Gasteiger partial charge in [-0.15, -0.1) is 0 Å². The lowest BCUT2D eigenvalue weighted by molar-refractivity contribution is -0.262. The SMILES string of the molecule is CC(=O)NC1[C@H](OCCCCCCC(=O)NCCCN(CCCN(CCCNC(=O)CCCCCCO[C@@H]2OC(COC(C)=O)[C@H](OC(C)=O)[C@H](C)C2NC(C)=O)C(c2ccccc2)(c2ccccc2)c2ccccc2)C(=O)CCCCCCO[C@@H]2OC(COC(C)=O)[C@H](OC(C)=O)[C@H](C)C2NC(C)=O)OC(COC(C)=O)[C@H](OC(C)=O)[C@@H]1C. The van der Waals surface area contributed by atoms with E-state index in [1.807, 2.05) is 73.3 Å². The largest absolute Gasteiger partial charge is 0.463 e. The Morgan fingerprint density at radius 3 is 0.958 bits per heavy atom. The zero-order chi connectivity index (χ0) is 86.8. The van der Waals surface area contributed by atoms with E-state index in [2.05, 4.69) is 67.9 Å². The summed E-state index contributed by atoms with van der Waals surface area (Å²) in [6.07, 6.45) is 2.71. The van der Waals surface area contributed by atoms with Crippen LogP contribution < -0.4 is 26.6 Å². The van der Waals surface area contributed by atoms with Crippen LogP contribution >= 0.6 is 0 Å². The van der Waals surface area contributed by atoms with Gasteiger partial charge in [0.25, 0.3) is 0 Å². The Labute approximate surface area is 701 Å². The van der Waals surface area contributed by atoms with Gasteiger partial charge in [-0.25, -0.2) is 0 Å². The van der Waals surface area contributed by atoms with Gasteiger partial charge in [-0.3, -0.25) is 62.4 Å². The predicted octanol–water partition coefficient (Wildman–Crippen LogP) is 8.49. The Hall–Kier alpha value is -8.98. The second-order valence-corrected chi connectivity index (χ2v) is 31.1. The molecule has 31 nitrogen and oxygen atoms in total. The normalized spacial score (nSPS) is 22.8. The highest BCUT2D eigenvalue weighted by Gasteiger charge is 2.50. The predicted molar refractivity (Wildman–Crippen MR) is 437 cm³/mol. The molecule has 0 aliphatic carbocycles. The maximum Gasteiger partial charge on any atom is 0.303 e. The van der Waals surface area contributed by atoms with Gasteiger partial charge in [0, 0.05) is 158 Å². The van der Waals surface area contributed by atoms with Gasteiger partial charge in [0.2, 0.25) is 35.4 Å². The maximum atomic E-state index is 14.7. The van der Waals surface area contributed by atoms with E-state index in [0.717, 1.165) is 42.4 Å². The molecule has 3 aliphatic rings. The smallest absolute Gasteiger partial charge is 0.303 e. The summed E-state index contributed by atoms with van der Waals surface area (Å²) in [5.41, 5.74) is 2.27. The lowest BCUT2D eigenvalue weighted by Gasteiger charge is -2.46. The first-order valence-electron chi connectivity index (χ1n) is 42.3. The van der Waals surface area contributed by atoms with Gasteiger partial charge in [0.05, 0.1) is 23.7 Å². The molecule has 31 heteroatoms. The minimum atomic E-state index is -0.945. The molecule has 5 N–H and O–H groups in total. The standard InChI is InChI=1S/C88H131N7O24/c1-58-79(91-61(4)96)85(117-73(55-111-64(7)99)82(58)114-67(10)102)108-52-31-16-13-28-43-76(105)89-46-34-48-94(78(107)45-30-15-18-33-54-110-87-81(93-63(6)98)60(3)84(116-69(12)104)75(119-87)57-113-66(9)101)49-36-51-95(88(70-37-22-19-23-38-70,71-39-24-20-25-40-71)72-41-26-21-27-42-72)50-35-47-90-77(106)44-29-14-17-32-53-109-86-80(92-62(5)97)59(2)83(115-68(11)103)74(118-86)56-112-65(8)100/h19-27,37-42,58-60,73-75,79-87H,13-18,28-36,43-57H2,1-12H3,(H,89,105)(H,90,106)(H,91,96)(H,92,97)(H,93,98)/t58-,59-,60-,73?,74?,75?,79?,80?,81?,82-,83-,84-,85-,86-,87-/m1/s1. The summed E-state index contributed by atoms with van der Waals surface area (Å²) in [5, 5.41) is 14.9. The van der Waals surface area contributed by atoms with Gasteiger partial charge in [-0.05, 0) is 74.5 Å². The van der Waals surface area contributed by atoms with E-state index in [-0.39, 0.29) is 87.9 Å². The Morgan fingerprint density at radius 2 is 0.647 bits per heavy atom. The van der Waals surface area contributed by atoms with Crippen LogP contribution in [0.2, 0.25) is 0 Å². The molecule has 15 atom stereocenters. The Kier molecular flexibility index (Phi) is 44.0. The average Bonchev–Trinajstić information content (AvgIpc) is 0.738. The van der Waals surface area contributed by atoms with E-state index >= 15 is 0 Å². The van der Waals surface area contributed by atoms with Gasteiger partial charge in [0.1, 0.15) is 56.4 Å². The summed E-state index contributed by atoms with van der Waals surface area (Å²) in [7, 11) is 0. The lowest BCUT2D eigenvalue weighted by atomic mass is 9.75. The van der Waals surface area contributed by atoms with Crippen LogP contribution in [0.5, 0.6) is 0 Å². The Bertz CT molecular complexity index is 3530. The van der Waals surface area contributed by atoms with E-state index in [4.69, 9.17) is 56.8 Å². The molecule has 6 rings (SSSR count). The third-order valence-corrected chi connectivity index (χ3v) is 21.4. The van der Waals surface area contributed by atoms with Crippen molar-refractivity contribution < 1.29 is 114 Å². The molecule has 6 unspecified atom stereocenters. The molecule has 662 valence electrons. The van der Waals surface area contributed by atoms with Gasteiger partial charge < -0.3 is 88.3 Å². The molecule has 0 bridgehead atoms. The third-order valence-electron chi connectivity index (χ3n) is 21.4. The molecule has 3 fully saturated rings. The van der Waals surface area contributed by atoms with Gasteiger partial charge >= 0.3 is 35.8 Å². The molecule has 0 radical (unpaired) electrons. The number of rotatable bonds is 52. The number of hydrogen-bond acceptors (Lipinski definition) is 25. The van der Waals surface area contributed by atoms with Crippen LogP contribution in [0.3, 0.4) is 0 Å². The van der Waals surface area contributed by atoms with Crippen molar-refractivity contribution in [1.29, 1.82) is 0 Å². The van der Waals surface area contributed by atoms with Crippen molar-refractivity contribution in [3.8, 4) is 0 Å². The van der Waals surface area contributed by atoms with E-state index in [1.165, 1.54) is 62.3 Å². The van der Waals surface area contributed by atoms with Crippen molar-refractivity contribution in [3.05, 3.63) is 108 Å². The van der Waals surface area contributed by atoms with Gasteiger partial charge in [0.15, 0.2) is 18.9 Å². The number of carbonyl (C=O) groups is 12. The van der Waals surface area contributed by atoms with Crippen LogP contribution in [0.4, 0.5) is 0 Å². The van der Waals surface area contributed by atoms with Crippen LogP contribution in [0.1, 0.15) is 215 Å². The van der Waals surface area contributed by atoms with E-state index in [1.54, 1.807) is 6.92 Å². The summed E-state index contributed by atoms with van der Waals surface area (Å²) in [4.78, 5) is 155. The Balaban J connectivity index is 1.10. The van der Waals surface area contributed by atoms with Gasteiger partial charge in [-0.1, -0.05) is 150 Å². The fraction of sp³-hybridized carbons (Fsp3) is 0.659. The Morgan fingerprint density at radius 1 is 0.353 bits per heavy atom. The molecule has 3 heterocycles. The minimum absolute atomic E-state index is 0.0312. The van der Waals surface area contributed by atoms with Crippen LogP contribution in [0.25, 0.3) is 0 Å². The number of unbranched alkanes of at least 4 members (excludes halogenated alkanes) is 9. The molecule has 3 saturated heterocycles. The highest BCUT2D eigenvalue weighted by atomic mass is 16.7. The number of hydrogen-bond donors (Lipinski definition) is 5. The number of nitrogens with zero attached hydrogens (tertiary/aromatic N) is 2. The molecule has 3 aliphatic heterocycles. The summed E-state index contributed by atoms with van der Waals surface area (Å²) in [5.74, 6) is -5.82. The first kappa shape index (κ1) is 98.8. The molecule has 0 aromatic heterocycles. The fourth-order valence-corrected chi connectivity index (χ4v) is 15.7. The summed E-state index contributed by atoms with van der Waals surface area (Å²) in [6, 6.07) is 29.0. The molecule has 6 amide bonds. The molecule has 0 spiro atoms. The molecule has 3 aromatic carbocycles. The van der Waals surface area contributed by atoms with Crippen LogP contribution in [-0.2, 0) is 120 Å². The van der Waals surface area contributed by atoms with Gasteiger partial charge in [-0.2, -0.15) is 0 Å². The van der Waals surface area contributed by atoms with Crippen molar-refractivity contribution >= 4 is 71.3 Å². The number of amides is 6. The molecular weight excluding hydrogens is 1540 g/mol. The lowest BCUT2D eigenvalue weighted by Crippen LogP contribution is -2.62. The second-order valence-electron chi connectivity index (χ2n) is 31.1. The number of ether oxygens (including phenoxy) is 12. The quantitative estimate of drug-likeness (QED) is 0.0153. The highest BCUT2D eigenvalue weighted by molar-refractivity contribution is 5.77. The van der Waals surface area contributed by atoms with Crippen LogP contribution in [0.15, 0.2) is 91.0 Å². The summed E-state index contributed by atoms with van der Waals surface area (Å²) >= 11 is 0. The van der Waals surface area contributed by atoms with Crippen molar-refractivity contribution in [3.63, 3.8) is 0 Å². The zero-order valence-electron chi connectivity index (χ0n) is 71.7. The average molecular weight is 1670 g/mol. The summed E-state index contributed by atoms with van der Waals surface area (Å²) in [6.45, 7) is 19.9. The first-order chi connectivity index (χ1) is 57.0. The van der Waals surface area contributed by atoms with Crippen LogP contribution in [-0.4, -0.2) is 234 Å². The summed E-state index contributed by atoms with van der Waals surface area (Å²) < 4.78 is 69.8. The van der Waals surface area contributed by atoms with Crippen LogP contribution in [0, 0.1) is 17.8 Å². The first-order valence-corrected chi connectivity index (χ1v) is 42.3. The fourth-order valence-electron chi connectivity index (χ4n) is 15.7. The number of benzene rings is 3. The molecule has 119 heavy (non-hydrogen) atoms. The minimum Gasteiger partial charge on any atom is -0.463 e. The third kappa shape index (κ3) is 33.9.